The van der Waals surface area contributed by atoms with E-state index in [4.69, 9.17) is 5.14 Å². The third-order valence-corrected chi connectivity index (χ3v) is 4.35. The molecule has 0 aliphatic carbocycles. The van der Waals surface area contributed by atoms with E-state index >= 15 is 0 Å². The molecule has 3 rings (SSSR count). The van der Waals surface area contributed by atoms with Crippen LogP contribution < -0.4 is 21.3 Å². The maximum absolute atomic E-state index is 11.8. The van der Waals surface area contributed by atoms with Crippen LogP contribution in [0.25, 0.3) is 11.1 Å². The fourth-order valence-electron chi connectivity index (χ4n) is 2.26. The number of benzene rings is 2. The highest BCUT2D eigenvalue weighted by Gasteiger charge is 2.22. The molecule has 116 valence electrons. The van der Waals surface area contributed by atoms with Gasteiger partial charge in [0.1, 0.15) is 5.69 Å². The molecule has 0 fully saturated rings. The molecule has 3 aromatic carbocycles. The molecule has 0 aliphatic rings. The maximum atomic E-state index is 11.8. The van der Waals surface area contributed by atoms with Crippen molar-refractivity contribution in [3.8, 4) is 11.1 Å². The molecular formula is C16H12N2O4S. The Balaban J connectivity index is 1.95. The monoisotopic (exact) mass is 328 g/mol. The van der Waals surface area contributed by atoms with E-state index in [1.807, 2.05) is 6.07 Å². The molecule has 0 amide bonds. The summed E-state index contributed by atoms with van der Waals surface area (Å²) in [5.74, 6) is 0. The van der Waals surface area contributed by atoms with Crippen LogP contribution >= 0.6 is 0 Å². The van der Waals surface area contributed by atoms with E-state index in [1.165, 1.54) is 24.3 Å². The molecule has 3 aromatic rings. The zero-order valence-electron chi connectivity index (χ0n) is 11.8. The minimum atomic E-state index is -3.77. The summed E-state index contributed by atoms with van der Waals surface area (Å²) < 4.78 is 22.4. The summed E-state index contributed by atoms with van der Waals surface area (Å²) in [5.41, 5.74) is 0.525. The minimum Gasteiger partial charge on any atom is -0.352 e. The number of sulfonamides is 1. The van der Waals surface area contributed by atoms with Crippen molar-refractivity contribution in [2.45, 2.75) is 4.90 Å². The molecule has 7 heteroatoms. The van der Waals surface area contributed by atoms with Crippen LogP contribution in [0.3, 0.4) is 0 Å². The van der Waals surface area contributed by atoms with Gasteiger partial charge in [0.2, 0.25) is 15.5 Å². The Morgan fingerprint density at radius 3 is 2.00 bits per heavy atom. The molecule has 0 radical (unpaired) electrons. The van der Waals surface area contributed by atoms with Gasteiger partial charge in [0.05, 0.1) is 10.5 Å². The van der Waals surface area contributed by atoms with Gasteiger partial charge in [-0.3, -0.25) is 9.59 Å². The molecule has 0 unspecified atom stereocenters. The Bertz CT molecular complexity index is 1030. The Morgan fingerprint density at radius 1 is 0.826 bits per heavy atom. The van der Waals surface area contributed by atoms with Gasteiger partial charge >= 0.3 is 0 Å². The van der Waals surface area contributed by atoms with Gasteiger partial charge in [-0.05, 0) is 29.8 Å². The van der Waals surface area contributed by atoms with Crippen molar-refractivity contribution in [1.29, 1.82) is 0 Å². The quantitative estimate of drug-likeness (QED) is 0.703. The normalized spacial score (nSPS) is 11.5. The van der Waals surface area contributed by atoms with Crippen LogP contribution in [-0.4, -0.2) is 8.42 Å². The molecule has 0 aliphatic heterocycles. The number of anilines is 2. The summed E-state index contributed by atoms with van der Waals surface area (Å²) in [7, 11) is -3.77. The fourth-order valence-corrected chi connectivity index (χ4v) is 2.78. The molecule has 0 saturated carbocycles. The third-order valence-electron chi connectivity index (χ3n) is 3.43. The lowest BCUT2D eigenvalue weighted by Gasteiger charge is -2.13. The number of hydrogen-bond acceptors (Lipinski definition) is 5. The summed E-state index contributed by atoms with van der Waals surface area (Å²) in [6, 6.07) is 14.5. The highest BCUT2D eigenvalue weighted by molar-refractivity contribution is 7.89. The van der Waals surface area contributed by atoms with Crippen LogP contribution in [-0.2, 0) is 10.0 Å². The number of nitrogens with two attached hydrogens (primary N) is 1. The second kappa shape index (κ2) is 5.45. The lowest BCUT2D eigenvalue weighted by molar-refractivity contribution is 0.598. The Kier molecular flexibility index (Phi) is 3.59. The van der Waals surface area contributed by atoms with Crippen LogP contribution in [0.2, 0.25) is 0 Å². The van der Waals surface area contributed by atoms with Crippen LogP contribution in [0, 0.1) is 0 Å². The van der Waals surface area contributed by atoms with E-state index in [1.54, 1.807) is 24.3 Å². The van der Waals surface area contributed by atoms with Crippen molar-refractivity contribution >= 4 is 21.4 Å². The molecule has 3 N–H and O–H groups in total. The lowest BCUT2D eigenvalue weighted by Crippen LogP contribution is -2.35. The zero-order chi connectivity index (χ0) is 16.6. The van der Waals surface area contributed by atoms with E-state index < -0.39 is 20.9 Å². The molecule has 0 atom stereocenters. The minimum absolute atomic E-state index is 0.0312. The second-order valence-corrected chi connectivity index (χ2v) is 6.53. The molecule has 0 spiro atoms. The SMILES string of the molecule is NS(=O)(=O)c1ccc(Nc2c(-c3ccccc3)c(=O)c2=O)cc1. The van der Waals surface area contributed by atoms with Crippen molar-refractivity contribution in [3.05, 3.63) is 75.0 Å². The van der Waals surface area contributed by atoms with Crippen LogP contribution in [0.5, 0.6) is 0 Å². The summed E-state index contributed by atoms with van der Waals surface area (Å²) in [6.45, 7) is 0. The van der Waals surface area contributed by atoms with Crippen molar-refractivity contribution in [2.24, 2.45) is 5.14 Å². The number of hydrogen-bond donors (Lipinski definition) is 2. The molecule has 0 saturated heterocycles. The Labute approximate surface area is 131 Å². The van der Waals surface area contributed by atoms with E-state index in [-0.39, 0.29) is 10.6 Å². The van der Waals surface area contributed by atoms with Crippen LogP contribution in [0.1, 0.15) is 0 Å². The second-order valence-electron chi connectivity index (χ2n) is 4.97. The van der Waals surface area contributed by atoms with Gasteiger partial charge in [-0.15, -0.1) is 0 Å². The van der Waals surface area contributed by atoms with E-state index in [0.717, 1.165) is 0 Å². The third kappa shape index (κ3) is 2.79. The molecule has 0 heterocycles. The molecule has 0 bridgehead atoms. The van der Waals surface area contributed by atoms with E-state index in [0.29, 0.717) is 16.8 Å². The molecule has 0 aromatic heterocycles. The molecule has 6 nitrogen and oxygen atoms in total. The van der Waals surface area contributed by atoms with Gasteiger partial charge in [0.25, 0.3) is 5.43 Å². The van der Waals surface area contributed by atoms with E-state index in [9.17, 15) is 18.0 Å². The highest BCUT2D eigenvalue weighted by Crippen LogP contribution is 2.26. The largest absolute Gasteiger partial charge is 0.352 e. The predicted molar refractivity (Wildman–Crippen MR) is 87.9 cm³/mol. The molecule has 23 heavy (non-hydrogen) atoms. The maximum Gasteiger partial charge on any atom is 0.250 e. The topological polar surface area (TPSA) is 106 Å². The average molecular weight is 328 g/mol. The Morgan fingerprint density at radius 2 is 1.43 bits per heavy atom. The van der Waals surface area contributed by atoms with Crippen LogP contribution in [0.15, 0.2) is 69.1 Å². The van der Waals surface area contributed by atoms with Crippen molar-refractivity contribution in [3.63, 3.8) is 0 Å². The first-order valence-electron chi connectivity index (χ1n) is 6.66. The van der Waals surface area contributed by atoms with E-state index in [2.05, 4.69) is 5.32 Å². The highest BCUT2D eigenvalue weighted by atomic mass is 32.2. The number of nitrogens with one attached hydrogen (secondary N) is 1. The predicted octanol–water partition coefficient (Wildman–Crippen LogP) is 1.34. The first-order chi connectivity index (χ1) is 10.9. The van der Waals surface area contributed by atoms with Gasteiger partial charge in [-0.2, -0.15) is 0 Å². The van der Waals surface area contributed by atoms with Gasteiger partial charge in [0, 0.05) is 5.69 Å². The van der Waals surface area contributed by atoms with Gasteiger partial charge < -0.3 is 5.32 Å². The fraction of sp³-hybridized carbons (Fsp3) is 0. The van der Waals surface area contributed by atoms with Crippen molar-refractivity contribution in [2.75, 3.05) is 5.32 Å². The lowest BCUT2D eigenvalue weighted by atomic mass is 9.98. The summed E-state index contributed by atoms with van der Waals surface area (Å²) >= 11 is 0. The van der Waals surface area contributed by atoms with Gasteiger partial charge in [-0.25, -0.2) is 13.6 Å². The van der Waals surface area contributed by atoms with Crippen LogP contribution in [0.4, 0.5) is 11.4 Å². The first-order valence-corrected chi connectivity index (χ1v) is 8.21. The van der Waals surface area contributed by atoms with Crippen molar-refractivity contribution < 1.29 is 8.42 Å². The average Bonchev–Trinajstić information content (AvgIpc) is 2.54. The Hall–Kier alpha value is -2.77. The molecular weight excluding hydrogens is 316 g/mol. The summed E-state index contributed by atoms with van der Waals surface area (Å²) in [5, 5.41) is 7.89. The zero-order valence-corrected chi connectivity index (χ0v) is 12.6. The van der Waals surface area contributed by atoms with Gasteiger partial charge in [0.15, 0.2) is 0 Å². The van der Waals surface area contributed by atoms with Gasteiger partial charge in [-0.1, -0.05) is 30.3 Å². The first kappa shape index (κ1) is 15.1. The summed E-state index contributed by atoms with van der Waals surface area (Å²) in [6.07, 6.45) is 0. The number of primary sulfonamides is 1. The van der Waals surface area contributed by atoms with Crippen molar-refractivity contribution in [1.82, 2.24) is 0 Å². The standard InChI is InChI=1S/C16H12N2O4S/c17-23(21,22)12-8-6-11(7-9-12)18-14-13(15(19)16(14)20)10-4-2-1-3-5-10/h1-9,18H,(H2,17,21,22). The summed E-state index contributed by atoms with van der Waals surface area (Å²) in [4.78, 5) is 23.6. The number of rotatable bonds is 4. The smallest absolute Gasteiger partial charge is 0.250 e.